The standard InChI is InChI=1S/C16H24N2/c1-13(2)16-9-5-4-7-15(16)8-6-11-18-12-10-17-14(18)3/h4-5,7,9,13,17H,3,6,8,10-12H2,1-2H3. The maximum Gasteiger partial charge on any atom is 0.0939 e. The molecule has 1 aromatic carbocycles. The van der Waals surface area contributed by atoms with Gasteiger partial charge in [-0.05, 0) is 29.9 Å². The molecule has 2 heteroatoms. The molecule has 0 aromatic heterocycles. The van der Waals surface area contributed by atoms with Crippen molar-refractivity contribution in [2.24, 2.45) is 0 Å². The van der Waals surface area contributed by atoms with Gasteiger partial charge in [-0.1, -0.05) is 44.7 Å². The first kappa shape index (κ1) is 13.0. The average Bonchev–Trinajstić information content (AvgIpc) is 2.76. The Labute approximate surface area is 111 Å². The average molecular weight is 244 g/mol. The zero-order valence-corrected chi connectivity index (χ0v) is 11.6. The monoisotopic (exact) mass is 244 g/mol. The summed E-state index contributed by atoms with van der Waals surface area (Å²) in [6.45, 7) is 11.8. The van der Waals surface area contributed by atoms with Crippen molar-refractivity contribution in [3.63, 3.8) is 0 Å². The molecule has 1 aliphatic heterocycles. The van der Waals surface area contributed by atoms with E-state index in [4.69, 9.17) is 0 Å². The highest BCUT2D eigenvalue weighted by atomic mass is 15.3. The van der Waals surface area contributed by atoms with Crippen LogP contribution in [0.25, 0.3) is 0 Å². The lowest BCUT2D eigenvalue weighted by Crippen LogP contribution is -2.21. The van der Waals surface area contributed by atoms with Crippen molar-refractivity contribution in [2.45, 2.75) is 32.6 Å². The Morgan fingerprint density at radius 2 is 2.11 bits per heavy atom. The predicted octanol–water partition coefficient (Wildman–Crippen LogP) is 3.12. The van der Waals surface area contributed by atoms with Crippen molar-refractivity contribution in [2.75, 3.05) is 19.6 Å². The second kappa shape index (κ2) is 5.94. The molecule has 1 heterocycles. The van der Waals surface area contributed by atoms with Gasteiger partial charge in [0.05, 0.1) is 5.82 Å². The van der Waals surface area contributed by atoms with E-state index < -0.39 is 0 Å². The van der Waals surface area contributed by atoms with Crippen molar-refractivity contribution in [1.29, 1.82) is 0 Å². The highest BCUT2D eigenvalue weighted by molar-refractivity contribution is 5.29. The Morgan fingerprint density at radius 3 is 2.78 bits per heavy atom. The number of nitrogens with zero attached hydrogens (tertiary/aromatic N) is 1. The Morgan fingerprint density at radius 1 is 1.33 bits per heavy atom. The van der Waals surface area contributed by atoms with Gasteiger partial charge in [0.15, 0.2) is 0 Å². The molecule has 1 fully saturated rings. The lowest BCUT2D eigenvalue weighted by atomic mass is 9.94. The molecule has 0 bridgehead atoms. The minimum atomic E-state index is 0.615. The summed E-state index contributed by atoms with van der Waals surface area (Å²) in [4.78, 5) is 2.35. The molecule has 1 saturated heterocycles. The molecule has 0 unspecified atom stereocenters. The van der Waals surface area contributed by atoms with Crippen LogP contribution in [0.15, 0.2) is 36.7 Å². The first-order valence-corrected chi connectivity index (χ1v) is 6.94. The minimum Gasteiger partial charge on any atom is -0.370 e. The van der Waals surface area contributed by atoms with Gasteiger partial charge in [0, 0.05) is 19.6 Å². The quantitative estimate of drug-likeness (QED) is 0.856. The third-order valence-corrected chi connectivity index (χ3v) is 3.64. The van der Waals surface area contributed by atoms with Gasteiger partial charge in [-0.25, -0.2) is 0 Å². The lowest BCUT2D eigenvalue weighted by molar-refractivity contribution is 0.389. The molecule has 1 aromatic rings. The van der Waals surface area contributed by atoms with Crippen LogP contribution < -0.4 is 5.32 Å². The van der Waals surface area contributed by atoms with Gasteiger partial charge in [-0.3, -0.25) is 0 Å². The highest BCUT2D eigenvalue weighted by Gasteiger charge is 2.13. The second-order valence-corrected chi connectivity index (χ2v) is 5.32. The summed E-state index contributed by atoms with van der Waals surface area (Å²) in [6.07, 6.45) is 2.36. The Kier molecular flexibility index (Phi) is 4.29. The van der Waals surface area contributed by atoms with Crippen LogP contribution in [0, 0.1) is 0 Å². The third kappa shape index (κ3) is 3.06. The molecule has 2 nitrogen and oxygen atoms in total. The Balaban J connectivity index is 1.88. The first-order valence-electron chi connectivity index (χ1n) is 6.94. The molecule has 0 spiro atoms. The van der Waals surface area contributed by atoms with Crippen LogP contribution in [0.1, 0.15) is 37.3 Å². The molecule has 0 aliphatic carbocycles. The number of rotatable bonds is 5. The third-order valence-electron chi connectivity index (χ3n) is 3.64. The van der Waals surface area contributed by atoms with Crippen LogP contribution in [0.2, 0.25) is 0 Å². The Bertz CT molecular complexity index is 409. The normalized spacial score (nSPS) is 15.3. The number of hydrogen-bond acceptors (Lipinski definition) is 2. The molecule has 98 valence electrons. The Hall–Kier alpha value is -1.44. The number of benzene rings is 1. The molecule has 0 atom stereocenters. The topological polar surface area (TPSA) is 15.3 Å². The molecule has 0 amide bonds. The number of hydrogen-bond donors (Lipinski definition) is 1. The zero-order valence-electron chi connectivity index (χ0n) is 11.6. The highest BCUT2D eigenvalue weighted by Crippen LogP contribution is 2.20. The van der Waals surface area contributed by atoms with Crippen LogP contribution in [0.5, 0.6) is 0 Å². The zero-order chi connectivity index (χ0) is 13.0. The van der Waals surface area contributed by atoms with Gasteiger partial charge >= 0.3 is 0 Å². The molecular weight excluding hydrogens is 220 g/mol. The maximum atomic E-state index is 4.02. The summed E-state index contributed by atoms with van der Waals surface area (Å²) in [6, 6.07) is 8.82. The summed E-state index contributed by atoms with van der Waals surface area (Å²) >= 11 is 0. The van der Waals surface area contributed by atoms with Crippen LogP contribution >= 0.6 is 0 Å². The lowest BCUT2D eigenvalue weighted by Gasteiger charge is -2.18. The van der Waals surface area contributed by atoms with E-state index in [-0.39, 0.29) is 0 Å². The smallest absolute Gasteiger partial charge is 0.0939 e. The molecule has 1 N–H and O–H groups in total. The second-order valence-electron chi connectivity index (χ2n) is 5.32. The minimum absolute atomic E-state index is 0.615. The summed E-state index contributed by atoms with van der Waals surface area (Å²) in [5.74, 6) is 1.71. The van der Waals surface area contributed by atoms with E-state index in [9.17, 15) is 0 Å². The van der Waals surface area contributed by atoms with Crippen LogP contribution in [-0.4, -0.2) is 24.5 Å². The maximum absolute atomic E-state index is 4.02. The molecule has 0 radical (unpaired) electrons. The fourth-order valence-electron chi connectivity index (χ4n) is 2.61. The van der Waals surface area contributed by atoms with E-state index in [1.54, 1.807) is 0 Å². The fourth-order valence-corrected chi connectivity index (χ4v) is 2.61. The summed E-state index contributed by atoms with van der Waals surface area (Å²) < 4.78 is 0. The van der Waals surface area contributed by atoms with Gasteiger partial charge in [-0.2, -0.15) is 0 Å². The van der Waals surface area contributed by atoms with Crippen LogP contribution in [0.4, 0.5) is 0 Å². The van der Waals surface area contributed by atoms with E-state index in [1.807, 2.05) is 0 Å². The van der Waals surface area contributed by atoms with Crippen molar-refractivity contribution in [3.05, 3.63) is 47.8 Å². The number of nitrogens with one attached hydrogen (secondary N) is 1. The van der Waals surface area contributed by atoms with E-state index in [0.717, 1.165) is 31.9 Å². The van der Waals surface area contributed by atoms with E-state index in [1.165, 1.54) is 17.5 Å². The molecule has 1 aliphatic rings. The van der Waals surface area contributed by atoms with Gasteiger partial charge in [0.25, 0.3) is 0 Å². The largest absolute Gasteiger partial charge is 0.370 e. The van der Waals surface area contributed by atoms with Gasteiger partial charge < -0.3 is 10.2 Å². The van der Waals surface area contributed by atoms with Crippen molar-refractivity contribution < 1.29 is 0 Å². The SMILES string of the molecule is C=C1NCCN1CCCc1ccccc1C(C)C. The molecule has 18 heavy (non-hydrogen) atoms. The fraction of sp³-hybridized carbons (Fsp3) is 0.500. The predicted molar refractivity (Wildman–Crippen MR) is 77.6 cm³/mol. The summed E-state index contributed by atoms with van der Waals surface area (Å²) in [7, 11) is 0. The van der Waals surface area contributed by atoms with E-state index in [2.05, 4.69) is 54.9 Å². The van der Waals surface area contributed by atoms with Crippen LogP contribution in [-0.2, 0) is 6.42 Å². The molecule has 2 rings (SSSR count). The van der Waals surface area contributed by atoms with E-state index >= 15 is 0 Å². The first-order chi connectivity index (χ1) is 8.68. The van der Waals surface area contributed by atoms with Gasteiger partial charge in [0.2, 0.25) is 0 Å². The van der Waals surface area contributed by atoms with Gasteiger partial charge in [0.1, 0.15) is 0 Å². The van der Waals surface area contributed by atoms with E-state index in [0.29, 0.717) is 5.92 Å². The van der Waals surface area contributed by atoms with Crippen molar-refractivity contribution in [3.8, 4) is 0 Å². The summed E-state index contributed by atoms with van der Waals surface area (Å²) in [5, 5.41) is 3.28. The van der Waals surface area contributed by atoms with Gasteiger partial charge in [-0.15, -0.1) is 0 Å². The number of aryl methyl sites for hydroxylation is 1. The van der Waals surface area contributed by atoms with Crippen LogP contribution in [0.3, 0.4) is 0 Å². The molecular formula is C16H24N2. The summed E-state index contributed by atoms with van der Waals surface area (Å²) in [5.41, 5.74) is 3.00. The van der Waals surface area contributed by atoms with Crippen molar-refractivity contribution in [1.82, 2.24) is 10.2 Å². The molecule has 0 saturated carbocycles. The van der Waals surface area contributed by atoms with Crippen molar-refractivity contribution >= 4 is 0 Å².